The van der Waals surface area contributed by atoms with Crippen LogP contribution in [0, 0.1) is 0 Å². The summed E-state index contributed by atoms with van der Waals surface area (Å²) in [6.45, 7) is 1.53. The lowest BCUT2D eigenvalue weighted by atomic mass is 9.87. The first-order valence-corrected chi connectivity index (χ1v) is 8.81. The quantitative estimate of drug-likeness (QED) is 0.829. The number of rotatable bonds is 2. The molecule has 1 saturated heterocycles. The van der Waals surface area contributed by atoms with Gasteiger partial charge in [-0.3, -0.25) is 4.79 Å². The molecule has 2 heterocycles. The topological polar surface area (TPSA) is 29.5 Å². The molecule has 0 saturated carbocycles. The van der Waals surface area contributed by atoms with E-state index >= 15 is 0 Å². The van der Waals surface area contributed by atoms with Crippen molar-refractivity contribution in [2.24, 2.45) is 0 Å². The Labute approximate surface area is 147 Å². The van der Waals surface area contributed by atoms with Crippen LogP contribution in [0.15, 0.2) is 48.5 Å². The molecule has 3 nitrogen and oxygen atoms in total. The smallest absolute Gasteiger partial charge is 0.226 e. The van der Waals surface area contributed by atoms with Gasteiger partial charge >= 0.3 is 0 Å². The zero-order valence-corrected chi connectivity index (χ0v) is 14.3. The molecule has 0 radical (unpaired) electrons. The van der Waals surface area contributed by atoms with E-state index in [0.29, 0.717) is 11.4 Å². The first-order valence-electron chi connectivity index (χ1n) is 8.43. The number of carbonyl (C=O) groups excluding carboxylic acids is 1. The number of ether oxygens (including phenoxy) is 1. The van der Waals surface area contributed by atoms with Gasteiger partial charge in [0.05, 0.1) is 6.42 Å². The third kappa shape index (κ3) is 3.01. The van der Waals surface area contributed by atoms with Gasteiger partial charge in [-0.15, -0.1) is 0 Å². The lowest BCUT2D eigenvalue weighted by Crippen LogP contribution is -2.49. The molecule has 1 spiro atoms. The molecule has 1 amide bonds. The average molecular weight is 342 g/mol. The Bertz CT molecular complexity index is 721. The lowest BCUT2D eigenvalue weighted by molar-refractivity contribution is -0.133. The van der Waals surface area contributed by atoms with Crippen molar-refractivity contribution in [1.82, 2.24) is 4.90 Å². The maximum Gasteiger partial charge on any atom is 0.226 e. The van der Waals surface area contributed by atoms with Crippen LogP contribution in [-0.2, 0) is 17.6 Å². The zero-order chi connectivity index (χ0) is 16.6. The van der Waals surface area contributed by atoms with E-state index in [1.807, 2.05) is 41.3 Å². The summed E-state index contributed by atoms with van der Waals surface area (Å²) in [5.74, 6) is 1.20. The summed E-state index contributed by atoms with van der Waals surface area (Å²) in [7, 11) is 0. The number of piperidine rings is 1. The van der Waals surface area contributed by atoms with Crippen LogP contribution in [0.5, 0.6) is 5.75 Å². The second-order valence-electron chi connectivity index (χ2n) is 6.75. The second-order valence-corrected chi connectivity index (χ2v) is 7.19. The van der Waals surface area contributed by atoms with Gasteiger partial charge in [0.25, 0.3) is 0 Å². The predicted molar refractivity (Wildman–Crippen MR) is 94.5 cm³/mol. The summed E-state index contributed by atoms with van der Waals surface area (Å²) in [4.78, 5) is 14.5. The minimum Gasteiger partial charge on any atom is -0.487 e. The molecular weight excluding hydrogens is 322 g/mol. The monoisotopic (exact) mass is 341 g/mol. The number of benzene rings is 2. The maximum absolute atomic E-state index is 12.5. The molecule has 0 bridgehead atoms. The number of hydrogen-bond donors (Lipinski definition) is 0. The molecule has 0 N–H and O–H groups in total. The molecule has 4 rings (SSSR count). The Morgan fingerprint density at radius 2 is 1.79 bits per heavy atom. The van der Waals surface area contributed by atoms with Crippen LogP contribution in [0.3, 0.4) is 0 Å². The molecule has 24 heavy (non-hydrogen) atoms. The summed E-state index contributed by atoms with van der Waals surface area (Å²) < 4.78 is 6.24. The Hall–Kier alpha value is -2.00. The molecule has 4 heteroatoms. The van der Waals surface area contributed by atoms with Gasteiger partial charge in [-0.2, -0.15) is 0 Å². The van der Waals surface area contributed by atoms with Crippen LogP contribution in [-0.4, -0.2) is 29.5 Å². The number of hydrogen-bond acceptors (Lipinski definition) is 2. The van der Waals surface area contributed by atoms with Gasteiger partial charge < -0.3 is 9.64 Å². The fourth-order valence-corrected chi connectivity index (χ4v) is 3.82. The number of amides is 1. The highest BCUT2D eigenvalue weighted by Gasteiger charge is 2.42. The van der Waals surface area contributed by atoms with E-state index in [-0.39, 0.29) is 11.5 Å². The summed E-state index contributed by atoms with van der Waals surface area (Å²) >= 11 is 5.90. The van der Waals surface area contributed by atoms with Gasteiger partial charge in [0.15, 0.2) is 0 Å². The summed E-state index contributed by atoms with van der Waals surface area (Å²) in [5.41, 5.74) is 2.19. The van der Waals surface area contributed by atoms with Crippen molar-refractivity contribution in [2.45, 2.75) is 31.3 Å². The molecule has 124 valence electrons. The average Bonchev–Trinajstić information content (AvgIpc) is 2.95. The van der Waals surface area contributed by atoms with Crippen molar-refractivity contribution in [2.75, 3.05) is 13.1 Å². The van der Waals surface area contributed by atoms with E-state index in [2.05, 4.69) is 12.1 Å². The molecule has 2 aromatic carbocycles. The molecule has 2 aliphatic rings. The van der Waals surface area contributed by atoms with Crippen molar-refractivity contribution >= 4 is 17.5 Å². The molecular formula is C20H20ClNO2. The summed E-state index contributed by atoms with van der Waals surface area (Å²) in [5, 5.41) is 0.698. The van der Waals surface area contributed by atoms with Gasteiger partial charge in [0.1, 0.15) is 11.4 Å². The van der Waals surface area contributed by atoms with Gasteiger partial charge in [0.2, 0.25) is 5.91 Å². The van der Waals surface area contributed by atoms with E-state index in [1.165, 1.54) is 5.56 Å². The maximum atomic E-state index is 12.5. The van der Waals surface area contributed by atoms with Gasteiger partial charge in [-0.1, -0.05) is 41.9 Å². The number of likely N-dealkylation sites (tertiary alicyclic amines) is 1. The molecule has 1 fully saturated rings. The van der Waals surface area contributed by atoms with Crippen molar-refractivity contribution in [3.05, 3.63) is 64.7 Å². The third-order valence-corrected chi connectivity index (χ3v) is 5.36. The highest BCUT2D eigenvalue weighted by Crippen LogP contribution is 2.40. The largest absolute Gasteiger partial charge is 0.487 e. The molecule has 0 aliphatic carbocycles. The zero-order valence-electron chi connectivity index (χ0n) is 13.5. The van der Waals surface area contributed by atoms with Crippen molar-refractivity contribution in [3.63, 3.8) is 0 Å². The first kappa shape index (κ1) is 15.5. The van der Waals surface area contributed by atoms with E-state index in [1.54, 1.807) is 0 Å². The van der Waals surface area contributed by atoms with Crippen LogP contribution in [0.25, 0.3) is 0 Å². The Kier molecular flexibility index (Phi) is 3.97. The van der Waals surface area contributed by atoms with E-state index in [4.69, 9.17) is 16.3 Å². The highest BCUT2D eigenvalue weighted by molar-refractivity contribution is 6.30. The first-order chi connectivity index (χ1) is 11.6. The number of nitrogens with zero attached hydrogens (tertiary/aromatic N) is 1. The van der Waals surface area contributed by atoms with Crippen LogP contribution in [0.4, 0.5) is 0 Å². The van der Waals surface area contributed by atoms with Gasteiger partial charge in [-0.05, 0) is 29.3 Å². The number of fused-ring (bicyclic) bond motifs is 1. The van der Waals surface area contributed by atoms with Crippen LogP contribution in [0.2, 0.25) is 5.02 Å². The fourth-order valence-electron chi connectivity index (χ4n) is 3.70. The molecule has 2 aromatic rings. The molecule has 0 unspecified atom stereocenters. The van der Waals surface area contributed by atoms with E-state index in [0.717, 1.165) is 43.7 Å². The van der Waals surface area contributed by atoms with Gasteiger partial charge in [-0.25, -0.2) is 0 Å². The standard InChI is InChI=1S/C20H20ClNO2/c21-17-7-5-15(6-8-17)13-19(23)22-11-9-20(10-12-22)14-16-3-1-2-4-18(16)24-20/h1-8H,9-14H2. The second kappa shape index (κ2) is 6.14. The number of halogens is 1. The Morgan fingerprint density at radius 3 is 2.50 bits per heavy atom. The van der Waals surface area contributed by atoms with Crippen molar-refractivity contribution in [3.8, 4) is 5.75 Å². The lowest BCUT2D eigenvalue weighted by Gasteiger charge is -2.38. The van der Waals surface area contributed by atoms with E-state index < -0.39 is 0 Å². The third-order valence-electron chi connectivity index (χ3n) is 5.11. The Balaban J connectivity index is 1.36. The minimum atomic E-state index is -0.110. The van der Waals surface area contributed by atoms with Gasteiger partial charge in [0, 0.05) is 37.4 Å². The van der Waals surface area contributed by atoms with Crippen molar-refractivity contribution in [1.29, 1.82) is 0 Å². The minimum absolute atomic E-state index is 0.110. The number of para-hydroxylation sites is 1. The normalized spacial score (nSPS) is 18.3. The molecule has 2 aliphatic heterocycles. The van der Waals surface area contributed by atoms with Crippen LogP contribution in [0.1, 0.15) is 24.0 Å². The number of carbonyl (C=O) groups is 1. The molecule has 0 aromatic heterocycles. The highest BCUT2D eigenvalue weighted by atomic mass is 35.5. The fraction of sp³-hybridized carbons (Fsp3) is 0.350. The summed E-state index contributed by atoms with van der Waals surface area (Å²) in [6.07, 6.45) is 3.19. The van der Waals surface area contributed by atoms with Crippen molar-refractivity contribution < 1.29 is 9.53 Å². The SMILES string of the molecule is O=C(Cc1ccc(Cl)cc1)N1CCC2(CC1)Cc1ccccc1O2. The van der Waals surface area contributed by atoms with E-state index in [9.17, 15) is 4.79 Å². The van der Waals surface area contributed by atoms with Crippen LogP contribution >= 0.6 is 11.6 Å². The van der Waals surface area contributed by atoms with Crippen LogP contribution < -0.4 is 4.74 Å². The summed E-state index contributed by atoms with van der Waals surface area (Å²) in [6, 6.07) is 15.8. The predicted octanol–water partition coefficient (Wildman–Crippen LogP) is 3.88. The Morgan fingerprint density at radius 1 is 1.08 bits per heavy atom. The molecule has 0 atom stereocenters.